The van der Waals surface area contributed by atoms with Crippen LogP contribution in [-0.4, -0.2) is 60.1 Å². The lowest BCUT2D eigenvalue weighted by molar-refractivity contribution is 0.140. The monoisotopic (exact) mass is 200 g/mol. The fourth-order valence-corrected chi connectivity index (χ4v) is 1.65. The molecule has 82 valence electrons. The molecule has 0 aromatic carbocycles. The van der Waals surface area contributed by atoms with Crippen LogP contribution < -0.4 is 5.73 Å². The van der Waals surface area contributed by atoms with Crippen LogP contribution in [-0.2, 0) is 0 Å². The van der Waals surface area contributed by atoms with Crippen molar-refractivity contribution in [1.82, 2.24) is 9.80 Å². The standard InChI is InChI=1S/C9H20N4O/c1-2-12-5-7-13(8-6-12)4-3-9(10)11-14/h14H,2-8H2,1H3,(H2,10,11). The molecule has 1 saturated heterocycles. The van der Waals surface area contributed by atoms with Crippen LogP contribution in [0.2, 0.25) is 0 Å². The summed E-state index contributed by atoms with van der Waals surface area (Å²) in [6, 6.07) is 0. The van der Waals surface area contributed by atoms with Gasteiger partial charge in [0.25, 0.3) is 0 Å². The SMILES string of the molecule is CCN1CCN(CCC(N)=NO)CC1. The third-order valence-electron chi connectivity index (χ3n) is 2.72. The first-order chi connectivity index (χ1) is 6.76. The molecule has 14 heavy (non-hydrogen) atoms. The van der Waals surface area contributed by atoms with Crippen molar-refractivity contribution in [3.05, 3.63) is 0 Å². The molecule has 1 aliphatic heterocycles. The first-order valence-electron chi connectivity index (χ1n) is 5.17. The maximum atomic E-state index is 8.38. The Labute approximate surface area is 85.2 Å². The predicted octanol–water partition coefficient (Wildman–Crippen LogP) is -0.240. The van der Waals surface area contributed by atoms with Gasteiger partial charge in [0.15, 0.2) is 0 Å². The summed E-state index contributed by atoms with van der Waals surface area (Å²) in [6.07, 6.45) is 0.655. The molecule has 0 bridgehead atoms. The molecule has 0 spiro atoms. The molecule has 1 aliphatic rings. The smallest absolute Gasteiger partial charge is 0.140 e. The minimum absolute atomic E-state index is 0.322. The summed E-state index contributed by atoms with van der Waals surface area (Å²) in [5.41, 5.74) is 5.41. The zero-order valence-electron chi connectivity index (χ0n) is 8.82. The first-order valence-corrected chi connectivity index (χ1v) is 5.17. The van der Waals surface area contributed by atoms with Crippen LogP contribution in [0, 0.1) is 0 Å². The van der Waals surface area contributed by atoms with Gasteiger partial charge in [-0.15, -0.1) is 0 Å². The summed E-state index contributed by atoms with van der Waals surface area (Å²) in [7, 11) is 0. The Balaban J connectivity index is 2.16. The zero-order chi connectivity index (χ0) is 10.4. The summed E-state index contributed by atoms with van der Waals surface area (Å²) >= 11 is 0. The Hall–Kier alpha value is -0.810. The van der Waals surface area contributed by atoms with E-state index in [1.807, 2.05) is 0 Å². The van der Waals surface area contributed by atoms with Crippen molar-refractivity contribution in [1.29, 1.82) is 0 Å². The van der Waals surface area contributed by atoms with Gasteiger partial charge in [-0.3, -0.25) is 0 Å². The molecule has 0 radical (unpaired) electrons. The first kappa shape index (κ1) is 11.3. The second-order valence-corrected chi connectivity index (χ2v) is 3.62. The Morgan fingerprint density at radius 3 is 2.36 bits per heavy atom. The lowest BCUT2D eigenvalue weighted by Crippen LogP contribution is -2.46. The Bertz CT molecular complexity index is 187. The quantitative estimate of drug-likeness (QED) is 0.284. The summed E-state index contributed by atoms with van der Waals surface area (Å²) in [6.45, 7) is 8.66. The molecule has 0 unspecified atom stereocenters. The normalized spacial score (nSPS) is 21.4. The molecular weight excluding hydrogens is 180 g/mol. The highest BCUT2D eigenvalue weighted by Gasteiger charge is 2.14. The number of piperazine rings is 1. The van der Waals surface area contributed by atoms with E-state index in [0.717, 1.165) is 39.3 Å². The van der Waals surface area contributed by atoms with E-state index in [4.69, 9.17) is 10.9 Å². The van der Waals surface area contributed by atoms with Crippen molar-refractivity contribution in [2.45, 2.75) is 13.3 Å². The minimum atomic E-state index is 0.322. The largest absolute Gasteiger partial charge is 0.409 e. The summed E-state index contributed by atoms with van der Waals surface area (Å²) in [5, 5.41) is 11.3. The van der Waals surface area contributed by atoms with Crippen LogP contribution >= 0.6 is 0 Å². The van der Waals surface area contributed by atoms with Crippen LogP contribution in [0.1, 0.15) is 13.3 Å². The van der Waals surface area contributed by atoms with E-state index in [1.54, 1.807) is 0 Å². The highest BCUT2D eigenvalue weighted by atomic mass is 16.4. The maximum Gasteiger partial charge on any atom is 0.140 e. The lowest BCUT2D eigenvalue weighted by atomic mass is 10.3. The molecule has 1 heterocycles. The summed E-state index contributed by atoms with van der Waals surface area (Å²) in [4.78, 5) is 4.78. The van der Waals surface area contributed by atoms with Gasteiger partial charge < -0.3 is 20.7 Å². The van der Waals surface area contributed by atoms with Gasteiger partial charge in [-0.1, -0.05) is 12.1 Å². The fourth-order valence-electron chi connectivity index (χ4n) is 1.65. The van der Waals surface area contributed by atoms with Crippen LogP contribution in [0.3, 0.4) is 0 Å². The molecule has 0 amide bonds. The van der Waals surface area contributed by atoms with Crippen LogP contribution in [0.15, 0.2) is 5.16 Å². The molecule has 0 aromatic rings. The molecule has 0 saturated carbocycles. The summed E-state index contributed by atoms with van der Waals surface area (Å²) < 4.78 is 0. The molecule has 0 aromatic heterocycles. The number of nitrogens with two attached hydrogens (primary N) is 1. The molecule has 5 nitrogen and oxygen atoms in total. The summed E-state index contributed by atoms with van der Waals surface area (Å²) in [5.74, 6) is 0.322. The number of hydrogen-bond donors (Lipinski definition) is 2. The lowest BCUT2D eigenvalue weighted by Gasteiger charge is -2.33. The zero-order valence-corrected chi connectivity index (χ0v) is 8.82. The van der Waals surface area contributed by atoms with Gasteiger partial charge in [-0.25, -0.2) is 0 Å². The van der Waals surface area contributed by atoms with Crippen molar-refractivity contribution in [2.75, 3.05) is 39.3 Å². The average molecular weight is 200 g/mol. The van der Waals surface area contributed by atoms with Crippen molar-refractivity contribution in [3.8, 4) is 0 Å². The molecule has 1 rings (SSSR count). The third kappa shape index (κ3) is 3.51. The molecule has 1 fully saturated rings. The highest BCUT2D eigenvalue weighted by molar-refractivity contribution is 5.79. The number of hydrogen-bond acceptors (Lipinski definition) is 4. The van der Waals surface area contributed by atoms with Gasteiger partial charge in [0.05, 0.1) is 0 Å². The topological polar surface area (TPSA) is 65.1 Å². The van der Waals surface area contributed by atoms with Crippen molar-refractivity contribution in [3.63, 3.8) is 0 Å². The van der Waals surface area contributed by atoms with Gasteiger partial charge in [0.1, 0.15) is 5.84 Å². The highest BCUT2D eigenvalue weighted by Crippen LogP contribution is 2.01. The van der Waals surface area contributed by atoms with Crippen LogP contribution in [0.4, 0.5) is 0 Å². The van der Waals surface area contributed by atoms with E-state index in [9.17, 15) is 0 Å². The number of nitrogens with zero attached hydrogens (tertiary/aromatic N) is 3. The predicted molar refractivity (Wildman–Crippen MR) is 56.6 cm³/mol. The van der Waals surface area contributed by atoms with Gasteiger partial charge in [-0.05, 0) is 6.54 Å². The Morgan fingerprint density at radius 2 is 1.86 bits per heavy atom. The second-order valence-electron chi connectivity index (χ2n) is 3.62. The van der Waals surface area contributed by atoms with Crippen LogP contribution in [0.25, 0.3) is 0 Å². The number of oxime groups is 1. The molecule has 0 aliphatic carbocycles. The molecule has 3 N–H and O–H groups in total. The van der Waals surface area contributed by atoms with E-state index >= 15 is 0 Å². The number of rotatable bonds is 4. The van der Waals surface area contributed by atoms with Crippen LogP contribution in [0.5, 0.6) is 0 Å². The van der Waals surface area contributed by atoms with Crippen molar-refractivity contribution < 1.29 is 5.21 Å². The minimum Gasteiger partial charge on any atom is -0.409 e. The van der Waals surface area contributed by atoms with Crippen molar-refractivity contribution >= 4 is 5.84 Å². The van der Waals surface area contributed by atoms with Gasteiger partial charge in [0, 0.05) is 39.1 Å². The number of amidine groups is 1. The molecular formula is C9H20N4O. The molecule has 5 heteroatoms. The van der Waals surface area contributed by atoms with E-state index in [2.05, 4.69) is 21.9 Å². The van der Waals surface area contributed by atoms with E-state index in [1.165, 1.54) is 0 Å². The van der Waals surface area contributed by atoms with Gasteiger partial charge in [-0.2, -0.15) is 0 Å². The van der Waals surface area contributed by atoms with Gasteiger partial charge >= 0.3 is 0 Å². The second kappa shape index (κ2) is 5.82. The van der Waals surface area contributed by atoms with Gasteiger partial charge in [0.2, 0.25) is 0 Å². The maximum absolute atomic E-state index is 8.38. The Kier molecular flexibility index (Phi) is 4.69. The average Bonchev–Trinajstić information content (AvgIpc) is 2.26. The fraction of sp³-hybridized carbons (Fsp3) is 0.889. The van der Waals surface area contributed by atoms with E-state index in [-0.39, 0.29) is 0 Å². The molecule has 0 atom stereocenters. The van der Waals surface area contributed by atoms with Crippen molar-refractivity contribution in [2.24, 2.45) is 10.9 Å². The third-order valence-corrected chi connectivity index (χ3v) is 2.72. The number of likely N-dealkylation sites (N-methyl/N-ethyl adjacent to an activating group) is 1. The Morgan fingerprint density at radius 1 is 1.29 bits per heavy atom. The van der Waals surface area contributed by atoms with E-state index < -0.39 is 0 Å². The van der Waals surface area contributed by atoms with E-state index in [0.29, 0.717) is 12.3 Å².